The van der Waals surface area contributed by atoms with Gasteiger partial charge in [-0.2, -0.15) is 0 Å². The summed E-state index contributed by atoms with van der Waals surface area (Å²) in [5.74, 6) is 0.145. The third kappa shape index (κ3) is 1.59. The van der Waals surface area contributed by atoms with E-state index in [9.17, 15) is 9.90 Å². The van der Waals surface area contributed by atoms with Gasteiger partial charge in [-0.05, 0) is 32.6 Å². The van der Waals surface area contributed by atoms with Gasteiger partial charge in [0.2, 0.25) is 0 Å². The number of esters is 1. The number of rotatable bonds is 0. The Hall–Kier alpha value is -0.690. The predicted octanol–water partition coefficient (Wildman–Crippen LogP) is 1.92. The maximum atomic E-state index is 12.8. The fourth-order valence-corrected chi connectivity index (χ4v) is 7.82. The van der Waals surface area contributed by atoms with Gasteiger partial charge in [-0.25, -0.2) is 0 Å². The Kier molecular flexibility index (Phi) is 2.80. The lowest BCUT2D eigenvalue weighted by Crippen LogP contribution is -2.69. The average molecular weight is 364 g/mol. The second kappa shape index (κ2) is 4.48. The van der Waals surface area contributed by atoms with Gasteiger partial charge in [0.15, 0.2) is 6.29 Å². The maximum Gasteiger partial charge on any atom is 0.312 e. The summed E-state index contributed by atoms with van der Waals surface area (Å²) < 4.78 is 24.5. The van der Waals surface area contributed by atoms with Gasteiger partial charge >= 0.3 is 5.97 Å². The zero-order valence-electron chi connectivity index (χ0n) is 15.6. The first-order valence-corrected chi connectivity index (χ1v) is 10.1. The molecule has 2 aliphatic carbocycles. The van der Waals surface area contributed by atoms with Gasteiger partial charge in [-0.15, -0.1) is 0 Å². The minimum Gasteiger partial charge on any atom is -0.461 e. The molecule has 3 spiro atoms. The molecule has 4 aliphatic heterocycles. The normalized spacial score (nSPS) is 62.9. The van der Waals surface area contributed by atoms with Crippen LogP contribution in [0.25, 0.3) is 0 Å². The van der Waals surface area contributed by atoms with Crippen LogP contribution in [0, 0.1) is 16.7 Å². The van der Waals surface area contributed by atoms with Crippen molar-refractivity contribution in [3.05, 3.63) is 0 Å². The SMILES string of the molecule is C[C@@]12CCC[C@]3(C)C(=O)O[C@H](C[C@@]4(CO4)[C@]14CC[C@]1(CO[C@H](O)C1)O4)[C@H]23. The fraction of sp³-hybridized carbons (Fsp3) is 0.950. The van der Waals surface area contributed by atoms with Crippen LogP contribution in [0.15, 0.2) is 0 Å². The van der Waals surface area contributed by atoms with E-state index in [0.717, 1.165) is 38.5 Å². The summed E-state index contributed by atoms with van der Waals surface area (Å²) >= 11 is 0. The molecule has 0 amide bonds. The zero-order valence-corrected chi connectivity index (χ0v) is 15.6. The molecule has 0 aromatic rings. The Balaban J connectivity index is 1.48. The van der Waals surface area contributed by atoms with E-state index < -0.39 is 22.9 Å². The number of hydrogen-bond acceptors (Lipinski definition) is 6. The Morgan fingerprint density at radius 3 is 2.58 bits per heavy atom. The Bertz CT molecular complexity index is 690. The summed E-state index contributed by atoms with van der Waals surface area (Å²) in [5, 5.41) is 9.96. The molecule has 0 aromatic carbocycles. The summed E-state index contributed by atoms with van der Waals surface area (Å²) in [7, 11) is 0. The van der Waals surface area contributed by atoms with Crippen LogP contribution in [-0.4, -0.2) is 53.5 Å². The Labute approximate surface area is 153 Å². The third-order valence-electron chi connectivity index (χ3n) is 8.95. The van der Waals surface area contributed by atoms with E-state index >= 15 is 0 Å². The summed E-state index contributed by atoms with van der Waals surface area (Å²) in [6.45, 7) is 5.55. The molecule has 4 heterocycles. The molecule has 0 bridgehead atoms. The van der Waals surface area contributed by atoms with Gasteiger partial charge < -0.3 is 24.1 Å². The molecule has 6 rings (SSSR count). The highest BCUT2D eigenvalue weighted by molar-refractivity contribution is 5.80. The Morgan fingerprint density at radius 2 is 1.88 bits per heavy atom. The lowest BCUT2D eigenvalue weighted by molar-refractivity contribution is -0.258. The number of fused-ring (bicyclic) bond motifs is 2. The second-order valence-corrected chi connectivity index (χ2v) is 10.2. The molecule has 0 radical (unpaired) electrons. The van der Waals surface area contributed by atoms with Gasteiger partial charge in [0.25, 0.3) is 0 Å². The van der Waals surface area contributed by atoms with Crippen LogP contribution in [0.4, 0.5) is 0 Å². The molecule has 144 valence electrons. The van der Waals surface area contributed by atoms with E-state index in [4.69, 9.17) is 18.9 Å². The molecule has 2 saturated carbocycles. The van der Waals surface area contributed by atoms with E-state index in [0.29, 0.717) is 19.6 Å². The molecular formula is C20H28O6. The van der Waals surface area contributed by atoms with E-state index in [2.05, 4.69) is 13.8 Å². The van der Waals surface area contributed by atoms with Gasteiger partial charge in [0.05, 0.1) is 24.2 Å². The van der Waals surface area contributed by atoms with Crippen molar-refractivity contribution in [2.24, 2.45) is 16.7 Å². The highest BCUT2D eigenvalue weighted by atomic mass is 16.7. The van der Waals surface area contributed by atoms with Gasteiger partial charge in [0.1, 0.15) is 17.3 Å². The molecule has 8 atom stereocenters. The first-order chi connectivity index (χ1) is 12.3. The van der Waals surface area contributed by atoms with Gasteiger partial charge in [-0.3, -0.25) is 4.79 Å². The van der Waals surface area contributed by atoms with Crippen molar-refractivity contribution >= 4 is 5.97 Å². The third-order valence-corrected chi connectivity index (χ3v) is 8.95. The minimum atomic E-state index is -0.738. The molecule has 6 fully saturated rings. The summed E-state index contributed by atoms with van der Waals surface area (Å²) in [5.41, 5.74) is -1.74. The quantitative estimate of drug-likeness (QED) is 0.523. The highest BCUT2D eigenvalue weighted by Crippen LogP contribution is 2.74. The molecular weight excluding hydrogens is 336 g/mol. The van der Waals surface area contributed by atoms with Crippen LogP contribution in [0.3, 0.4) is 0 Å². The van der Waals surface area contributed by atoms with E-state index in [-0.39, 0.29) is 29.0 Å². The van der Waals surface area contributed by atoms with Crippen molar-refractivity contribution in [3.8, 4) is 0 Å². The molecule has 1 N–H and O–H groups in total. The van der Waals surface area contributed by atoms with Crippen LogP contribution < -0.4 is 0 Å². The van der Waals surface area contributed by atoms with E-state index in [1.54, 1.807) is 0 Å². The molecule has 4 saturated heterocycles. The molecule has 6 nitrogen and oxygen atoms in total. The first-order valence-electron chi connectivity index (χ1n) is 10.1. The summed E-state index contributed by atoms with van der Waals surface area (Å²) in [6.07, 6.45) is 5.22. The number of aliphatic hydroxyl groups is 1. The van der Waals surface area contributed by atoms with Crippen molar-refractivity contribution in [1.82, 2.24) is 0 Å². The summed E-state index contributed by atoms with van der Waals surface area (Å²) in [4.78, 5) is 12.8. The Morgan fingerprint density at radius 1 is 1.08 bits per heavy atom. The van der Waals surface area contributed by atoms with Crippen molar-refractivity contribution in [2.45, 2.75) is 88.0 Å². The van der Waals surface area contributed by atoms with Crippen LogP contribution in [-0.2, 0) is 23.7 Å². The smallest absolute Gasteiger partial charge is 0.312 e. The summed E-state index contributed by atoms with van der Waals surface area (Å²) in [6, 6.07) is 0. The van der Waals surface area contributed by atoms with E-state index in [1.165, 1.54) is 0 Å². The van der Waals surface area contributed by atoms with Gasteiger partial charge in [0, 0.05) is 24.2 Å². The highest BCUT2D eigenvalue weighted by Gasteiger charge is 2.82. The second-order valence-electron chi connectivity index (χ2n) is 10.2. The maximum absolute atomic E-state index is 12.8. The zero-order chi connectivity index (χ0) is 18.0. The number of epoxide rings is 1. The predicted molar refractivity (Wildman–Crippen MR) is 89.1 cm³/mol. The average Bonchev–Trinajstić information content (AvgIpc) is 2.99. The number of carbonyl (C=O) groups is 1. The fourth-order valence-electron chi connectivity index (χ4n) is 7.82. The number of ether oxygens (including phenoxy) is 4. The monoisotopic (exact) mass is 364 g/mol. The largest absolute Gasteiger partial charge is 0.461 e. The van der Waals surface area contributed by atoms with Crippen LogP contribution in [0.5, 0.6) is 0 Å². The first kappa shape index (κ1) is 16.3. The van der Waals surface area contributed by atoms with Crippen molar-refractivity contribution in [1.29, 1.82) is 0 Å². The number of hydrogen-bond donors (Lipinski definition) is 1. The van der Waals surface area contributed by atoms with Crippen molar-refractivity contribution < 1.29 is 28.8 Å². The molecule has 0 unspecified atom stereocenters. The molecule has 0 aromatic heterocycles. The standard InChI is InChI=1S/C20H28O6/c1-16-4-3-5-17(2)14(16)12(25-15(16)22)8-19(11-24-19)20(17)7-6-18(26-20)9-13(21)23-10-18/h12-14,21H,3-11H2,1-2H3/t12-,13+,14+,16+,17+,18+,19-,20+/m1/s1. The van der Waals surface area contributed by atoms with Gasteiger partial charge in [-0.1, -0.05) is 13.3 Å². The lowest BCUT2D eigenvalue weighted by Gasteiger charge is -2.61. The molecule has 6 aliphatic rings. The van der Waals surface area contributed by atoms with Crippen LogP contribution in [0.2, 0.25) is 0 Å². The minimum absolute atomic E-state index is 0.0291. The van der Waals surface area contributed by atoms with Crippen LogP contribution >= 0.6 is 0 Å². The number of carbonyl (C=O) groups excluding carboxylic acids is 1. The molecule has 6 heteroatoms. The number of aliphatic hydroxyl groups excluding tert-OH is 1. The molecule has 26 heavy (non-hydrogen) atoms. The van der Waals surface area contributed by atoms with Crippen molar-refractivity contribution in [3.63, 3.8) is 0 Å². The topological polar surface area (TPSA) is 77.5 Å². The van der Waals surface area contributed by atoms with Crippen LogP contribution in [0.1, 0.15) is 58.8 Å². The van der Waals surface area contributed by atoms with E-state index in [1.807, 2.05) is 0 Å². The lowest BCUT2D eigenvalue weighted by atomic mass is 9.44. The van der Waals surface area contributed by atoms with Crippen molar-refractivity contribution in [2.75, 3.05) is 13.2 Å².